The molecular weight excluding hydrogens is 274 g/mol. The lowest BCUT2D eigenvalue weighted by Crippen LogP contribution is -1.90. The van der Waals surface area contributed by atoms with Crippen molar-refractivity contribution < 1.29 is 9.90 Å². The van der Waals surface area contributed by atoms with E-state index in [0.717, 1.165) is 32.8 Å². The van der Waals surface area contributed by atoms with E-state index in [4.69, 9.17) is 5.11 Å². The Morgan fingerprint density at radius 1 is 1.40 bits per heavy atom. The molecule has 0 aliphatic rings. The van der Waals surface area contributed by atoms with Crippen molar-refractivity contribution in [3.05, 3.63) is 47.2 Å². The average Bonchev–Trinajstić information content (AvgIpc) is 3.00. The Morgan fingerprint density at radius 3 is 3.00 bits per heavy atom. The van der Waals surface area contributed by atoms with Gasteiger partial charge in [0.2, 0.25) is 0 Å². The molecule has 5 nitrogen and oxygen atoms in total. The molecule has 2 heterocycles. The minimum Gasteiger partial charge on any atom is -0.478 e. The van der Waals surface area contributed by atoms with E-state index < -0.39 is 5.97 Å². The maximum Gasteiger partial charge on any atom is 0.328 e. The van der Waals surface area contributed by atoms with Crippen LogP contribution in [0.5, 0.6) is 0 Å². The molecule has 0 radical (unpaired) electrons. The quantitative estimate of drug-likeness (QED) is 0.751. The number of benzene rings is 1. The molecule has 0 atom stereocenters. The molecule has 0 spiro atoms. The summed E-state index contributed by atoms with van der Waals surface area (Å²) in [5.74, 6) is -0.965. The number of para-hydroxylation sites is 2. The van der Waals surface area contributed by atoms with Gasteiger partial charge in [-0.05, 0) is 25.1 Å². The monoisotopic (exact) mass is 285 g/mol. The summed E-state index contributed by atoms with van der Waals surface area (Å²) in [7, 11) is 0. The first-order chi connectivity index (χ1) is 9.65. The van der Waals surface area contributed by atoms with Crippen molar-refractivity contribution in [3.8, 4) is 5.13 Å². The van der Waals surface area contributed by atoms with Crippen LogP contribution in [0.3, 0.4) is 0 Å². The first-order valence-corrected chi connectivity index (χ1v) is 6.77. The van der Waals surface area contributed by atoms with Gasteiger partial charge < -0.3 is 5.11 Å². The molecule has 1 aromatic carbocycles. The third kappa shape index (κ3) is 2.21. The minimum atomic E-state index is -0.965. The Labute approximate surface area is 118 Å². The fourth-order valence-electron chi connectivity index (χ4n) is 1.91. The number of nitrogens with zero attached hydrogens (tertiary/aromatic N) is 3. The van der Waals surface area contributed by atoms with Gasteiger partial charge in [0.15, 0.2) is 5.13 Å². The Morgan fingerprint density at radius 2 is 2.20 bits per heavy atom. The number of aromatic nitrogens is 3. The number of carboxylic acid groups (broad SMARTS) is 1. The molecule has 2 aromatic heterocycles. The van der Waals surface area contributed by atoms with Gasteiger partial charge in [-0.25, -0.2) is 14.8 Å². The number of fused-ring (bicyclic) bond motifs is 1. The summed E-state index contributed by atoms with van der Waals surface area (Å²) in [6.07, 6.45) is 4.42. The summed E-state index contributed by atoms with van der Waals surface area (Å²) < 4.78 is 1.91. The highest BCUT2D eigenvalue weighted by atomic mass is 32.1. The van der Waals surface area contributed by atoms with Gasteiger partial charge in [-0.3, -0.25) is 4.57 Å². The smallest absolute Gasteiger partial charge is 0.328 e. The Hall–Kier alpha value is -2.47. The van der Waals surface area contributed by atoms with E-state index in [2.05, 4.69) is 9.97 Å². The normalized spacial score (nSPS) is 11.4. The van der Waals surface area contributed by atoms with Crippen LogP contribution in [0, 0.1) is 6.92 Å². The van der Waals surface area contributed by atoms with Gasteiger partial charge in [-0.2, -0.15) is 0 Å². The molecule has 0 bridgehead atoms. The lowest BCUT2D eigenvalue weighted by Gasteiger charge is -1.97. The summed E-state index contributed by atoms with van der Waals surface area (Å²) in [6.45, 7) is 1.86. The number of aliphatic carboxylic acids is 1. The number of hydrogen-bond acceptors (Lipinski definition) is 4. The molecule has 0 fully saturated rings. The predicted octanol–water partition coefficient (Wildman–Crippen LogP) is 2.89. The molecule has 1 N–H and O–H groups in total. The maximum atomic E-state index is 10.6. The van der Waals surface area contributed by atoms with Gasteiger partial charge in [-0.15, -0.1) is 0 Å². The molecule has 0 saturated carbocycles. The SMILES string of the molecule is Cc1nc(-n2cnc3ccccc32)sc1C=CC(=O)O. The van der Waals surface area contributed by atoms with E-state index in [1.165, 1.54) is 11.3 Å². The first kappa shape index (κ1) is 12.6. The lowest BCUT2D eigenvalue weighted by atomic mass is 10.3. The average molecular weight is 285 g/mol. The van der Waals surface area contributed by atoms with Crippen molar-refractivity contribution in [2.75, 3.05) is 0 Å². The number of rotatable bonds is 3. The highest BCUT2D eigenvalue weighted by molar-refractivity contribution is 7.15. The Bertz CT molecular complexity index is 817. The van der Waals surface area contributed by atoms with Crippen LogP contribution in [0.4, 0.5) is 0 Å². The zero-order valence-corrected chi connectivity index (χ0v) is 11.5. The largest absolute Gasteiger partial charge is 0.478 e. The van der Waals surface area contributed by atoms with Crippen LogP contribution >= 0.6 is 11.3 Å². The Kier molecular flexibility index (Phi) is 3.08. The molecule has 3 rings (SSSR count). The van der Waals surface area contributed by atoms with Crippen molar-refractivity contribution in [2.24, 2.45) is 0 Å². The number of hydrogen-bond donors (Lipinski definition) is 1. The van der Waals surface area contributed by atoms with Crippen LogP contribution in [0.2, 0.25) is 0 Å². The molecule has 0 aliphatic carbocycles. The van der Waals surface area contributed by atoms with Crippen LogP contribution < -0.4 is 0 Å². The fourth-order valence-corrected chi connectivity index (χ4v) is 2.86. The van der Waals surface area contributed by atoms with Crippen LogP contribution in [-0.2, 0) is 4.79 Å². The second-order valence-electron chi connectivity index (χ2n) is 4.22. The molecular formula is C14H11N3O2S. The van der Waals surface area contributed by atoms with Crippen molar-refractivity contribution in [3.63, 3.8) is 0 Å². The van der Waals surface area contributed by atoms with Gasteiger partial charge in [0.05, 0.1) is 21.6 Å². The Balaban J connectivity index is 2.07. The third-order valence-corrected chi connectivity index (χ3v) is 3.98. The van der Waals surface area contributed by atoms with Gasteiger partial charge in [0, 0.05) is 6.08 Å². The molecule has 0 unspecified atom stereocenters. The number of carboxylic acids is 1. The minimum absolute atomic E-state index is 0.779. The summed E-state index contributed by atoms with van der Waals surface area (Å²) in [5, 5.41) is 9.46. The lowest BCUT2D eigenvalue weighted by molar-refractivity contribution is -0.131. The van der Waals surface area contributed by atoms with E-state index in [-0.39, 0.29) is 0 Å². The molecule has 20 heavy (non-hydrogen) atoms. The van der Waals surface area contributed by atoms with Crippen molar-refractivity contribution in [2.45, 2.75) is 6.92 Å². The maximum absolute atomic E-state index is 10.6. The molecule has 0 amide bonds. The van der Waals surface area contributed by atoms with Gasteiger partial charge >= 0.3 is 5.97 Å². The topological polar surface area (TPSA) is 68.0 Å². The summed E-state index contributed by atoms with van der Waals surface area (Å²) in [4.78, 5) is 20.2. The number of thiazole rings is 1. The van der Waals surface area contributed by atoms with E-state index >= 15 is 0 Å². The van der Waals surface area contributed by atoms with Gasteiger partial charge in [0.1, 0.15) is 6.33 Å². The van der Waals surface area contributed by atoms with Crippen LogP contribution in [0.25, 0.3) is 22.2 Å². The molecule has 3 aromatic rings. The van der Waals surface area contributed by atoms with Crippen LogP contribution in [0.15, 0.2) is 36.7 Å². The molecule has 0 saturated heterocycles. The van der Waals surface area contributed by atoms with Gasteiger partial charge in [0.25, 0.3) is 0 Å². The number of carbonyl (C=O) groups is 1. The highest BCUT2D eigenvalue weighted by Gasteiger charge is 2.10. The van der Waals surface area contributed by atoms with E-state index in [1.807, 2.05) is 35.8 Å². The molecule has 6 heteroatoms. The summed E-state index contributed by atoms with van der Waals surface area (Å²) in [5.41, 5.74) is 2.69. The van der Waals surface area contributed by atoms with Crippen molar-refractivity contribution >= 4 is 34.4 Å². The number of aryl methyl sites for hydroxylation is 1. The predicted molar refractivity (Wildman–Crippen MR) is 78.1 cm³/mol. The van der Waals surface area contributed by atoms with Crippen molar-refractivity contribution in [1.82, 2.24) is 14.5 Å². The van der Waals surface area contributed by atoms with E-state index in [0.29, 0.717) is 0 Å². The standard InChI is InChI=1S/C14H11N3O2S/c1-9-12(6-7-13(18)19)20-14(16-9)17-8-15-10-4-2-3-5-11(10)17/h2-8H,1H3,(H,18,19). The highest BCUT2D eigenvalue weighted by Crippen LogP contribution is 2.25. The fraction of sp³-hybridized carbons (Fsp3) is 0.0714. The number of imidazole rings is 1. The molecule has 0 aliphatic heterocycles. The third-order valence-electron chi connectivity index (χ3n) is 2.86. The second kappa shape index (κ2) is 4.90. The summed E-state index contributed by atoms with van der Waals surface area (Å²) >= 11 is 1.44. The second-order valence-corrected chi connectivity index (χ2v) is 5.23. The van der Waals surface area contributed by atoms with E-state index in [9.17, 15) is 4.79 Å². The zero-order valence-electron chi connectivity index (χ0n) is 10.6. The van der Waals surface area contributed by atoms with Crippen molar-refractivity contribution in [1.29, 1.82) is 0 Å². The van der Waals surface area contributed by atoms with E-state index in [1.54, 1.807) is 12.4 Å². The van der Waals surface area contributed by atoms with Crippen LogP contribution in [0.1, 0.15) is 10.6 Å². The molecule has 100 valence electrons. The van der Waals surface area contributed by atoms with Crippen LogP contribution in [-0.4, -0.2) is 25.6 Å². The first-order valence-electron chi connectivity index (χ1n) is 5.96. The van der Waals surface area contributed by atoms with Gasteiger partial charge in [-0.1, -0.05) is 23.5 Å². The summed E-state index contributed by atoms with van der Waals surface area (Å²) in [6, 6.07) is 7.81. The zero-order chi connectivity index (χ0) is 14.1.